The fourth-order valence-electron chi connectivity index (χ4n) is 4.20. The molecule has 0 radical (unpaired) electrons. The van der Waals surface area contributed by atoms with Crippen molar-refractivity contribution < 1.29 is 27.5 Å². The molecule has 0 aliphatic rings. The van der Waals surface area contributed by atoms with Gasteiger partial charge in [-0.25, -0.2) is 8.42 Å². The second-order valence-electron chi connectivity index (χ2n) is 9.73. The Bertz CT molecular complexity index is 1470. The van der Waals surface area contributed by atoms with Crippen molar-refractivity contribution in [2.24, 2.45) is 0 Å². The first-order valence-electron chi connectivity index (χ1n) is 13.7. The summed E-state index contributed by atoms with van der Waals surface area (Å²) in [6.45, 7) is 6.99. The zero-order chi connectivity index (χ0) is 30.9. The summed E-state index contributed by atoms with van der Waals surface area (Å²) in [5, 5.41) is 3.30. The number of methoxy groups -OCH3 is 1. The van der Waals surface area contributed by atoms with Crippen LogP contribution < -0.4 is 19.1 Å². The van der Waals surface area contributed by atoms with Crippen LogP contribution in [0.1, 0.15) is 39.7 Å². The van der Waals surface area contributed by atoms with Crippen molar-refractivity contribution in [3.05, 3.63) is 83.4 Å². The highest BCUT2D eigenvalue weighted by Crippen LogP contribution is 2.33. The van der Waals surface area contributed by atoms with Crippen LogP contribution in [0, 0.1) is 0 Å². The van der Waals surface area contributed by atoms with E-state index in [-0.39, 0.29) is 35.7 Å². The fraction of sp³-hybridized carbons (Fsp3) is 0.355. The number of hydrogen-bond donors (Lipinski definition) is 1. The van der Waals surface area contributed by atoms with Crippen LogP contribution in [-0.2, 0) is 26.2 Å². The zero-order valence-corrected chi connectivity index (χ0v) is 26.1. The van der Waals surface area contributed by atoms with Crippen LogP contribution in [0.2, 0.25) is 5.02 Å². The molecule has 3 aromatic rings. The average molecular weight is 616 g/mol. The number of rotatable bonds is 14. The highest BCUT2D eigenvalue weighted by molar-refractivity contribution is 7.92. The van der Waals surface area contributed by atoms with Gasteiger partial charge >= 0.3 is 0 Å². The molecule has 0 unspecified atom stereocenters. The summed E-state index contributed by atoms with van der Waals surface area (Å²) < 4.78 is 40.2. The van der Waals surface area contributed by atoms with E-state index in [0.717, 1.165) is 4.31 Å². The predicted octanol–water partition coefficient (Wildman–Crippen LogP) is 5.27. The Hall–Kier alpha value is -3.76. The number of benzene rings is 3. The molecule has 0 bridgehead atoms. The third-order valence-electron chi connectivity index (χ3n) is 6.77. The highest BCUT2D eigenvalue weighted by atomic mass is 35.5. The topological polar surface area (TPSA) is 105 Å². The van der Waals surface area contributed by atoms with Crippen molar-refractivity contribution >= 4 is 39.1 Å². The van der Waals surface area contributed by atoms with Crippen LogP contribution in [0.5, 0.6) is 11.5 Å². The summed E-state index contributed by atoms with van der Waals surface area (Å²) in [5.41, 5.74) is 0.911. The van der Waals surface area contributed by atoms with Crippen molar-refractivity contribution in [3.8, 4) is 11.5 Å². The Labute approximate surface area is 253 Å². The average Bonchev–Trinajstić information content (AvgIpc) is 2.98. The molecule has 3 rings (SSSR count). The van der Waals surface area contributed by atoms with Gasteiger partial charge in [-0.15, -0.1) is 0 Å². The minimum absolute atomic E-state index is 0.0482. The number of hydrogen-bond acceptors (Lipinski definition) is 6. The molecule has 2 atom stereocenters. The van der Waals surface area contributed by atoms with Gasteiger partial charge in [-0.3, -0.25) is 13.9 Å². The number of para-hydroxylation sites is 2. The minimum Gasteiger partial charge on any atom is -0.497 e. The van der Waals surface area contributed by atoms with Gasteiger partial charge in [0.1, 0.15) is 24.1 Å². The van der Waals surface area contributed by atoms with E-state index in [9.17, 15) is 18.0 Å². The molecule has 11 heteroatoms. The van der Waals surface area contributed by atoms with E-state index in [1.54, 1.807) is 63.4 Å². The molecule has 0 aromatic heterocycles. The lowest BCUT2D eigenvalue weighted by Gasteiger charge is -2.33. The van der Waals surface area contributed by atoms with Gasteiger partial charge in [-0.05, 0) is 81.3 Å². The summed E-state index contributed by atoms with van der Waals surface area (Å²) >= 11 is 6.02. The van der Waals surface area contributed by atoms with Gasteiger partial charge in [0.2, 0.25) is 11.8 Å². The first-order valence-corrected chi connectivity index (χ1v) is 15.6. The van der Waals surface area contributed by atoms with Crippen molar-refractivity contribution in [2.75, 3.05) is 24.6 Å². The maximum Gasteiger partial charge on any atom is 0.264 e. The molecule has 42 heavy (non-hydrogen) atoms. The Kier molecular flexibility index (Phi) is 11.6. The molecule has 2 amide bonds. The molecular weight excluding hydrogens is 578 g/mol. The first-order chi connectivity index (χ1) is 20.0. The van der Waals surface area contributed by atoms with E-state index in [1.165, 1.54) is 29.2 Å². The number of halogens is 1. The van der Waals surface area contributed by atoms with Crippen molar-refractivity contribution in [1.29, 1.82) is 0 Å². The fourth-order valence-corrected chi connectivity index (χ4v) is 5.75. The normalized spacial score (nSPS) is 12.6. The standard InChI is InChI=1S/C31H38ClN3O6S/c1-6-22(3)33-31(37)23(4)34(20-24-11-10-12-26(19-24)40-5)30(36)21-35(28-13-8-9-14-29(28)41-7-2)42(38,39)27-17-15-25(32)16-18-27/h8-19,22-23H,6-7,20-21H2,1-5H3,(H,33,37)/t22-,23-/m0/s1. The number of nitrogens with zero attached hydrogens (tertiary/aromatic N) is 2. The first kappa shape index (κ1) is 32.8. The van der Waals surface area contributed by atoms with E-state index in [2.05, 4.69) is 5.32 Å². The maximum atomic E-state index is 14.1. The molecule has 0 aliphatic carbocycles. The quantitative estimate of drug-likeness (QED) is 0.265. The molecule has 226 valence electrons. The van der Waals surface area contributed by atoms with Gasteiger partial charge in [0, 0.05) is 17.6 Å². The highest BCUT2D eigenvalue weighted by Gasteiger charge is 2.34. The minimum atomic E-state index is -4.27. The second-order valence-corrected chi connectivity index (χ2v) is 12.0. The number of nitrogens with one attached hydrogen (secondary N) is 1. The Morgan fingerprint density at radius 2 is 1.67 bits per heavy atom. The number of carbonyl (C=O) groups excluding carboxylic acids is 2. The number of sulfonamides is 1. The maximum absolute atomic E-state index is 14.1. The Morgan fingerprint density at radius 3 is 2.31 bits per heavy atom. The van der Waals surface area contributed by atoms with Crippen molar-refractivity contribution in [1.82, 2.24) is 10.2 Å². The van der Waals surface area contributed by atoms with Crippen LogP contribution in [0.15, 0.2) is 77.7 Å². The number of anilines is 1. The molecule has 3 aromatic carbocycles. The molecule has 1 N–H and O–H groups in total. The molecular formula is C31H38ClN3O6S. The Balaban J connectivity index is 2.08. The van der Waals surface area contributed by atoms with Crippen LogP contribution in [-0.4, -0.2) is 57.5 Å². The molecule has 0 saturated carbocycles. The lowest BCUT2D eigenvalue weighted by Crippen LogP contribution is -2.52. The van der Waals surface area contributed by atoms with Crippen LogP contribution in [0.3, 0.4) is 0 Å². The van der Waals surface area contributed by atoms with Gasteiger partial charge in [0.25, 0.3) is 10.0 Å². The van der Waals surface area contributed by atoms with E-state index >= 15 is 0 Å². The van der Waals surface area contributed by atoms with Crippen LogP contribution in [0.4, 0.5) is 5.69 Å². The summed E-state index contributed by atoms with van der Waals surface area (Å²) in [6, 6.07) is 18.5. The van der Waals surface area contributed by atoms with E-state index in [0.29, 0.717) is 28.5 Å². The molecule has 0 heterocycles. The lowest BCUT2D eigenvalue weighted by molar-refractivity contribution is -0.139. The summed E-state index contributed by atoms with van der Waals surface area (Å²) in [7, 11) is -2.72. The van der Waals surface area contributed by atoms with Gasteiger partial charge in [0.05, 0.1) is 24.3 Å². The molecule has 0 aliphatic heterocycles. The zero-order valence-electron chi connectivity index (χ0n) is 24.5. The third-order valence-corrected chi connectivity index (χ3v) is 8.80. The largest absolute Gasteiger partial charge is 0.497 e. The van der Waals surface area contributed by atoms with Gasteiger partial charge in [0.15, 0.2) is 0 Å². The molecule has 9 nitrogen and oxygen atoms in total. The molecule has 0 spiro atoms. The molecule has 0 saturated heterocycles. The van der Waals surface area contributed by atoms with Gasteiger partial charge in [-0.2, -0.15) is 0 Å². The number of amides is 2. The summed E-state index contributed by atoms with van der Waals surface area (Å²) in [5.74, 6) is -0.0303. The van der Waals surface area contributed by atoms with Crippen molar-refractivity contribution in [3.63, 3.8) is 0 Å². The van der Waals surface area contributed by atoms with E-state index in [1.807, 2.05) is 19.9 Å². The van der Waals surface area contributed by atoms with Gasteiger partial charge < -0.3 is 19.7 Å². The SMILES string of the molecule is CCOc1ccccc1N(CC(=O)N(Cc1cccc(OC)c1)[C@@H](C)C(=O)N[C@@H](C)CC)S(=O)(=O)c1ccc(Cl)cc1. The van der Waals surface area contributed by atoms with Gasteiger partial charge in [-0.1, -0.05) is 42.8 Å². The third kappa shape index (κ3) is 8.17. The van der Waals surface area contributed by atoms with Crippen molar-refractivity contribution in [2.45, 2.75) is 57.6 Å². The Morgan fingerprint density at radius 1 is 0.976 bits per heavy atom. The van der Waals surface area contributed by atoms with Crippen LogP contribution in [0.25, 0.3) is 0 Å². The predicted molar refractivity (Wildman–Crippen MR) is 164 cm³/mol. The van der Waals surface area contributed by atoms with E-state index in [4.69, 9.17) is 21.1 Å². The lowest BCUT2D eigenvalue weighted by atomic mass is 10.1. The second kappa shape index (κ2) is 14.9. The number of carbonyl (C=O) groups is 2. The monoisotopic (exact) mass is 615 g/mol. The van der Waals surface area contributed by atoms with E-state index < -0.39 is 28.5 Å². The summed E-state index contributed by atoms with van der Waals surface area (Å²) in [4.78, 5) is 28.7. The molecule has 0 fully saturated rings. The van der Waals surface area contributed by atoms with Crippen LogP contribution >= 0.6 is 11.6 Å². The smallest absolute Gasteiger partial charge is 0.264 e. The summed E-state index contributed by atoms with van der Waals surface area (Å²) in [6.07, 6.45) is 0.712. The number of ether oxygens (including phenoxy) is 2.